The van der Waals surface area contributed by atoms with Crippen molar-refractivity contribution in [3.63, 3.8) is 0 Å². The number of allylic oxidation sites excluding steroid dienone is 4. The summed E-state index contributed by atoms with van der Waals surface area (Å²) in [6.07, 6.45) is 6.29. The van der Waals surface area contributed by atoms with Crippen LogP contribution in [0.15, 0.2) is 23.5 Å². The standard InChI is InChI=1S/C10H18N2/c1-3-12(4-2)10-7-5-9(11)6-8-10/h5,7H,3-4,6,8,11H2,1-2H3. The first-order chi connectivity index (χ1) is 5.77. The largest absolute Gasteiger partial charge is 0.402 e. The van der Waals surface area contributed by atoms with Crippen LogP contribution in [0.5, 0.6) is 0 Å². The molecule has 0 fully saturated rings. The fraction of sp³-hybridized carbons (Fsp3) is 0.600. The van der Waals surface area contributed by atoms with Gasteiger partial charge in [0.1, 0.15) is 0 Å². The van der Waals surface area contributed by atoms with Gasteiger partial charge < -0.3 is 10.6 Å². The molecule has 2 nitrogen and oxygen atoms in total. The predicted octanol–water partition coefficient (Wildman–Crippen LogP) is 1.85. The summed E-state index contributed by atoms with van der Waals surface area (Å²) in [5.41, 5.74) is 8.11. The van der Waals surface area contributed by atoms with Crippen molar-refractivity contribution in [3.05, 3.63) is 23.5 Å². The summed E-state index contributed by atoms with van der Waals surface area (Å²) >= 11 is 0. The minimum Gasteiger partial charge on any atom is -0.402 e. The molecule has 68 valence electrons. The number of nitrogens with zero attached hydrogens (tertiary/aromatic N) is 1. The Morgan fingerprint density at radius 1 is 1.25 bits per heavy atom. The number of rotatable bonds is 3. The lowest BCUT2D eigenvalue weighted by molar-refractivity contribution is 0.366. The predicted molar refractivity (Wildman–Crippen MR) is 52.5 cm³/mol. The summed E-state index contributed by atoms with van der Waals surface area (Å²) < 4.78 is 0. The van der Waals surface area contributed by atoms with E-state index in [1.54, 1.807) is 0 Å². The fourth-order valence-electron chi connectivity index (χ4n) is 1.54. The van der Waals surface area contributed by atoms with Crippen LogP contribution in [0, 0.1) is 0 Å². The van der Waals surface area contributed by atoms with Gasteiger partial charge >= 0.3 is 0 Å². The van der Waals surface area contributed by atoms with Gasteiger partial charge in [0.05, 0.1) is 0 Å². The van der Waals surface area contributed by atoms with Gasteiger partial charge in [0.2, 0.25) is 0 Å². The van der Waals surface area contributed by atoms with Crippen LogP contribution in [0.1, 0.15) is 26.7 Å². The summed E-state index contributed by atoms with van der Waals surface area (Å²) in [6, 6.07) is 0. The zero-order valence-electron chi connectivity index (χ0n) is 8.01. The Labute approximate surface area is 74.7 Å². The molecule has 1 aliphatic carbocycles. The van der Waals surface area contributed by atoms with Crippen molar-refractivity contribution in [2.24, 2.45) is 5.73 Å². The zero-order valence-corrected chi connectivity index (χ0v) is 8.01. The highest BCUT2D eigenvalue weighted by Crippen LogP contribution is 2.18. The molecule has 0 aromatic carbocycles. The Bertz CT molecular complexity index is 200. The normalized spacial score (nSPS) is 16.8. The van der Waals surface area contributed by atoms with E-state index in [2.05, 4.69) is 24.8 Å². The average molecular weight is 166 g/mol. The summed E-state index contributed by atoms with van der Waals surface area (Å²) in [5.74, 6) is 0. The minimum atomic E-state index is 1.01. The first-order valence-electron chi connectivity index (χ1n) is 4.68. The molecule has 12 heavy (non-hydrogen) atoms. The maximum absolute atomic E-state index is 5.68. The van der Waals surface area contributed by atoms with Gasteiger partial charge in [0, 0.05) is 24.5 Å². The molecule has 1 aliphatic rings. The highest BCUT2D eigenvalue weighted by Gasteiger charge is 2.08. The Kier molecular flexibility index (Phi) is 3.20. The fourth-order valence-corrected chi connectivity index (χ4v) is 1.54. The SMILES string of the molecule is CCN(CC)C1=CC=C(N)CC1. The van der Waals surface area contributed by atoms with Gasteiger partial charge in [0.25, 0.3) is 0 Å². The third-order valence-electron chi connectivity index (χ3n) is 2.33. The van der Waals surface area contributed by atoms with Gasteiger partial charge in [-0.15, -0.1) is 0 Å². The smallest absolute Gasteiger partial charge is 0.0146 e. The lowest BCUT2D eigenvalue weighted by Crippen LogP contribution is -2.23. The van der Waals surface area contributed by atoms with Crippen molar-refractivity contribution in [1.29, 1.82) is 0 Å². The van der Waals surface area contributed by atoms with Gasteiger partial charge in [-0.3, -0.25) is 0 Å². The third-order valence-corrected chi connectivity index (χ3v) is 2.33. The Hall–Kier alpha value is -0.920. The topological polar surface area (TPSA) is 29.3 Å². The van der Waals surface area contributed by atoms with Crippen molar-refractivity contribution in [1.82, 2.24) is 4.90 Å². The monoisotopic (exact) mass is 166 g/mol. The Balaban J connectivity index is 2.63. The van der Waals surface area contributed by atoms with Crippen molar-refractivity contribution < 1.29 is 0 Å². The van der Waals surface area contributed by atoms with Gasteiger partial charge in [-0.05, 0) is 38.8 Å². The molecule has 0 aromatic heterocycles. The van der Waals surface area contributed by atoms with Gasteiger partial charge in [0.15, 0.2) is 0 Å². The molecule has 0 aliphatic heterocycles. The molecule has 0 spiro atoms. The third kappa shape index (κ3) is 2.03. The van der Waals surface area contributed by atoms with E-state index in [4.69, 9.17) is 5.73 Å². The van der Waals surface area contributed by atoms with Crippen LogP contribution in [-0.2, 0) is 0 Å². The molecule has 2 N–H and O–H groups in total. The molecule has 0 bridgehead atoms. The van der Waals surface area contributed by atoms with Crippen molar-refractivity contribution in [3.8, 4) is 0 Å². The van der Waals surface area contributed by atoms with Crippen LogP contribution < -0.4 is 5.73 Å². The number of hydrogen-bond acceptors (Lipinski definition) is 2. The molecule has 0 heterocycles. The molecule has 0 saturated heterocycles. The van der Waals surface area contributed by atoms with Crippen molar-refractivity contribution >= 4 is 0 Å². The molecule has 0 unspecified atom stereocenters. The Morgan fingerprint density at radius 2 is 1.92 bits per heavy atom. The molecular weight excluding hydrogens is 148 g/mol. The summed E-state index contributed by atoms with van der Waals surface area (Å²) in [6.45, 7) is 6.56. The van der Waals surface area contributed by atoms with Crippen molar-refractivity contribution in [2.75, 3.05) is 13.1 Å². The molecule has 2 heteroatoms. The van der Waals surface area contributed by atoms with Crippen LogP contribution >= 0.6 is 0 Å². The maximum atomic E-state index is 5.68. The van der Waals surface area contributed by atoms with E-state index in [9.17, 15) is 0 Å². The average Bonchev–Trinajstić information content (AvgIpc) is 2.10. The maximum Gasteiger partial charge on any atom is 0.0146 e. The van der Waals surface area contributed by atoms with E-state index < -0.39 is 0 Å². The second kappa shape index (κ2) is 4.19. The molecule has 1 rings (SSSR count). The summed E-state index contributed by atoms with van der Waals surface area (Å²) in [7, 11) is 0. The second-order valence-corrected chi connectivity index (χ2v) is 3.07. The lowest BCUT2D eigenvalue weighted by Gasteiger charge is -2.26. The van der Waals surface area contributed by atoms with Crippen molar-refractivity contribution in [2.45, 2.75) is 26.7 Å². The molecule has 0 amide bonds. The quantitative estimate of drug-likeness (QED) is 0.693. The number of hydrogen-bond donors (Lipinski definition) is 1. The van der Waals surface area contributed by atoms with Crippen LogP contribution in [0.4, 0.5) is 0 Å². The lowest BCUT2D eigenvalue weighted by atomic mass is 10.1. The van der Waals surface area contributed by atoms with E-state index in [1.807, 2.05) is 6.08 Å². The van der Waals surface area contributed by atoms with E-state index in [-0.39, 0.29) is 0 Å². The van der Waals surface area contributed by atoms with E-state index in [0.717, 1.165) is 31.6 Å². The first-order valence-corrected chi connectivity index (χ1v) is 4.68. The molecule has 0 saturated carbocycles. The highest BCUT2D eigenvalue weighted by molar-refractivity contribution is 5.21. The summed E-state index contributed by atoms with van der Waals surface area (Å²) in [5, 5.41) is 0. The summed E-state index contributed by atoms with van der Waals surface area (Å²) in [4.78, 5) is 2.38. The zero-order chi connectivity index (χ0) is 8.97. The highest BCUT2D eigenvalue weighted by atomic mass is 15.1. The van der Waals surface area contributed by atoms with Crippen LogP contribution in [0.2, 0.25) is 0 Å². The van der Waals surface area contributed by atoms with Crippen LogP contribution in [0.3, 0.4) is 0 Å². The van der Waals surface area contributed by atoms with E-state index >= 15 is 0 Å². The van der Waals surface area contributed by atoms with Gasteiger partial charge in [-0.25, -0.2) is 0 Å². The van der Waals surface area contributed by atoms with E-state index in [1.165, 1.54) is 5.70 Å². The molecule has 0 aromatic rings. The van der Waals surface area contributed by atoms with Crippen LogP contribution in [0.25, 0.3) is 0 Å². The first kappa shape index (κ1) is 9.17. The van der Waals surface area contributed by atoms with Gasteiger partial charge in [-0.1, -0.05) is 0 Å². The number of nitrogens with two attached hydrogens (primary N) is 1. The molecule has 0 atom stereocenters. The Morgan fingerprint density at radius 3 is 2.33 bits per heavy atom. The molecular formula is C10H18N2. The van der Waals surface area contributed by atoms with E-state index in [0.29, 0.717) is 0 Å². The van der Waals surface area contributed by atoms with Gasteiger partial charge in [-0.2, -0.15) is 0 Å². The van der Waals surface area contributed by atoms with Crippen LogP contribution in [-0.4, -0.2) is 18.0 Å². The molecule has 0 radical (unpaired) electrons. The minimum absolute atomic E-state index is 1.01. The second-order valence-electron chi connectivity index (χ2n) is 3.07.